The number of fused-ring (bicyclic) bond motifs is 2. The maximum absolute atomic E-state index is 15.4. The molecule has 5 atom stereocenters. The normalized spacial score (nSPS) is 29.9. The van der Waals surface area contributed by atoms with Gasteiger partial charge in [-0.15, -0.1) is 10.2 Å². The Morgan fingerprint density at radius 1 is 0.944 bits per heavy atom. The topological polar surface area (TPSA) is 71.3 Å². The molecule has 1 aliphatic carbocycles. The summed E-state index contributed by atoms with van der Waals surface area (Å²) < 4.78 is 46.1. The molecule has 0 N–H and O–H groups in total. The van der Waals surface area contributed by atoms with Crippen molar-refractivity contribution in [3.05, 3.63) is 78.1 Å². The molecule has 0 spiro atoms. The van der Waals surface area contributed by atoms with Gasteiger partial charge >= 0.3 is 0 Å². The lowest BCUT2D eigenvalue weighted by molar-refractivity contribution is 0.270. The Balaban J connectivity index is 1.20. The van der Waals surface area contributed by atoms with Crippen molar-refractivity contribution in [1.82, 2.24) is 19.1 Å². The molecule has 7 nitrogen and oxygen atoms in total. The van der Waals surface area contributed by atoms with E-state index in [1.807, 2.05) is 43.3 Å². The molecule has 190 valence electrons. The quantitative estimate of drug-likeness (QED) is 0.504. The number of benzene rings is 2. The Morgan fingerprint density at radius 2 is 1.64 bits per heavy atom. The lowest BCUT2D eigenvalue weighted by atomic mass is 9.91. The van der Waals surface area contributed by atoms with E-state index in [-0.39, 0.29) is 18.4 Å². The van der Waals surface area contributed by atoms with Crippen LogP contribution in [-0.2, 0) is 16.6 Å². The second-order valence-electron chi connectivity index (χ2n) is 10.6. The van der Waals surface area contributed by atoms with Crippen molar-refractivity contribution < 1.29 is 12.8 Å². The fourth-order valence-electron chi connectivity index (χ4n) is 6.64. The van der Waals surface area contributed by atoms with Crippen LogP contribution < -0.4 is 4.90 Å². The van der Waals surface area contributed by atoms with Crippen LogP contribution >= 0.6 is 0 Å². The average Bonchev–Trinajstić information content (AvgIpc) is 3.48. The molecule has 2 bridgehead atoms. The van der Waals surface area contributed by atoms with Crippen molar-refractivity contribution in [3.8, 4) is 0 Å². The zero-order chi connectivity index (χ0) is 24.9. The maximum Gasteiger partial charge on any atom is 0.221 e. The van der Waals surface area contributed by atoms with Gasteiger partial charge in [0.25, 0.3) is 0 Å². The fourth-order valence-corrected chi connectivity index (χ4v) is 8.82. The lowest BCUT2D eigenvalue weighted by Gasteiger charge is -2.40. The molecular weight excluding hydrogens is 477 g/mol. The van der Waals surface area contributed by atoms with E-state index in [1.54, 1.807) is 24.8 Å². The summed E-state index contributed by atoms with van der Waals surface area (Å²) in [5.74, 6) is 0.624. The van der Waals surface area contributed by atoms with E-state index in [4.69, 9.17) is 0 Å². The third kappa shape index (κ3) is 4.12. The van der Waals surface area contributed by atoms with Crippen molar-refractivity contribution >= 4 is 15.7 Å². The van der Waals surface area contributed by atoms with Gasteiger partial charge in [-0.2, -0.15) is 4.31 Å². The number of piperidine rings is 1. The van der Waals surface area contributed by atoms with E-state index in [0.29, 0.717) is 29.9 Å². The number of halogens is 1. The van der Waals surface area contributed by atoms with Gasteiger partial charge in [0.05, 0.1) is 0 Å². The third-order valence-electron chi connectivity index (χ3n) is 8.49. The summed E-state index contributed by atoms with van der Waals surface area (Å²) in [7, 11) is -3.60. The summed E-state index contributed by atoms with van der Waals surface area (Å²) in [4.78, 5) is 2.28. The number of hydrogen-bond donors (Lipinski definition) is 0. The standard InChI is InChI=1S/C27H32FN5O2S/c1-19-7-12-26(20-5-3-2-4-6-20)36(34,35)33(19)16-21-10-11-24(13-25(21)28)31-14-22-8-9-23(15-31)27(22)32-17-29-30-18-32/h2-6,10-11,13,17-19,22-23,26-27H,7-9,12,14-16H2,1H3/t19-,22-,23?,26+,27?/m0/s1. The number of nitrogens with zero attached hydrogens (tertiary/aromatic N) is 5. The van der Waals surface area contributed by atoms with Crippen molar-refractivity contribution in [1.29, 1.82) is 0 Å². The Labute approximate surface area is 212 Å². The monoisotopic (exact) mass is 509 g/mol. The van der Waals surface area contributed by atoms with E-state index < -0.39 is 15.3 Å². The van der Waals surface area contributed by atoms with Crippen LogP contribution in [-0.4, -0.2) is 46.6 Å². The van der Waals surface area contributed by atoms with Crippen LogP contribution in [0.5, 0.6) is 0 Å². The zero-order valence-corrected chi connectivity index (χ0v) is 21.3. The first-order valence-corrected chi connectivity index (χ1v) is 14.3. The molecule has 6 rings (SSSR count). The van der Waals surface area contributed by atoms with Crippen molar-refractivity contribution in [3.63, 3.8) is 0 Å². The van der Waals surface area contributed by atoms with Gasteiger partial charge in [0.15, 0.2) is 0 Å². The van der Waals surface area contributed by atoms with Crippen LogP contribution in [0.25, 0.3) is 0 Å². The van der Waals surface area contributed by atoms with Gasteiger partial charge in [-0.25, -0.2) is 12.8 Å². The Morgan fingerprint density at radius 3 is 2.31 bits per heavy atom. The highest BCUT2D eigenvalue weighted by molar-refractivity contribution is 7.89. The molecule has 2 unspecified atom stereocenters. The molecule has 9 heteroatoms. The van der Waals surface area contributed by atoms with E-state index in [9.17, 15) is 8.42 Å². The molecule has 3 aliphatic rings. The minimum absolute atomic E-state index is 0.0555. The first-order valence-electron chi connectivity index (χ1n) is 12.8. The zero-order valence-electron chi connectivity index (χ0n) is 20.4. The molecule has 3 heterocycles. The Bertz CT molecular complexity index is 1300. The summed E-state index contributed by atoms with van der Waals surface area (Å²) >= 11 is 0. The second kappa shape index (κ2) is 9.27. The van der Waals surface area contributed by atoms with Gasteiger partial charge in [0.1, 0.15) is 23.7 Å². The molecule has 2 aliphatic heterocycles. The SMILES string of the molecule is C[C@H]1CC[C@H](c2ccccc2)S(=O)(=O)N1Cc1ccc(N2CC3CC[C@@H](C2)C3n2cnnc2)cc1F. The minimum Gasteiger partial charge on any atom is -0.371 e. The predicted octanol–water partition coefficient (Wildman–Crippen LogP) is 4.56. The number of hydrogen-bond acceptors (Lipinski definition) is 5. The van der Waals surface area contributed by atoms with Gasteiger partial charge in [0.2, 0.25) is 10.0 Å². The Hall–Kier alpha value is -2.78. The van der Waals surface area contributed by atoms with Crippen LogP contribution in [0, 0.1) is 17.7 Å². The molecule has 1 aromatic heterocycles. The average molecular weight is 510 g/mol. The highest BCUT2D eigenvalue weighted by Crippen LogP contribution is 2.46. The van der Waals surface area contributed by atoms with Gasteiger partial charge in [-0.05, 0) is 62.1 Å². The number of aromatic nitrogens is 3. The largest absolute Gasteiger partial charge is 0.371 e. The predicted molar refractivity (Wildman–Crippen MR) is 136 cm³/mol. The van der Waals surface area contributed by atoms with E-state index in [1.165, 1.54) is 4.31 Å². The smallest absolute Gasteiger partial charge is 0.221 e. The van der Waals surface area contributed by atoms with E-state index in [2.05, 4.69) is 19.7 Å². The molecule has 0 amide bonds. The van der Waals surface area contributed by atoms with Crippen LogP contribution in [0.1, 0.15) is 55.0 Å². The molecule has 36 heavy (non-hydrogen) atoms. The fraction of sp³-hybridized carbons (Fsp3) is 0.481. The summed E-state index contributed by atoms with van der Waals surface area (Å²) in [6.45, 7) is 3.71. The summed E-state index contributed by atoms with van der Waals surface area (Å²) in [5.41, 5.74) is 2.09. The van der Waals surface area contributed by atoms with Gasteiger partial charge in [-0.1, -0.05) is 36.4 Å². The molecule has 0 radical (unpaired) electrons. The highest BCUT2D eigenvalue weighted by atomic mass is 32.2. The number of anilines is 1. The van der Waals surface area contributed by atoms with Crippen LogP contribution in [0.2, 0.25) is 0 Å². The number of sulfonamides is 1. The number of rotatable bonds is 5. The van der Waals surface area contributed by atoms with Crippen molar-refractivity contribution in [2.45, 2.75) is 56.5 Å². The summed E-state index contributed by atoms with van der Waals surface area (Å²) in [5, 5.41) is 7.38. The van der Waals surface area contributed by atoms with Crippen molar-refractivity contribution in [2.24, 2.45) is 11.8 Å². The lowest BCUT2D eigenvalue weighted by Crippen LogP contribution is -2.45. The second-order valence-corrected chi connectivity index (χ2v) is 12.7. The van der Waals surface area contributed by atoms with Crippen LogP contribution in [0.4, 0.5) is 10.1 Å². The molecule has 3 aromatic rings. The molecule has 1 saturated carbocycles. The molecule has 3 fully saturated rings. The van der Waals surface area contributed by atoms with Crippen molar-refractivity contribution in [2.75, 3.05) is 18.0 Å². The van der Waals surface area contributed by atoms with Crippen LogP contribution in [0.15, 0.2) is 61.2 Å². The molecular formula is C27H32FN5O2S. The van der Waals surface area contributed by atoms with E-state index in [0.717, 1.165) is 43.6 Å². The highest BCUT2D eigenvalue weighted by Gasteiger charge is 2.43. The van der Waals surface area contributed by atoms with Crippen LogP contribution in [0.3, 0.4) is 0 Å². The third-order valence-corrected chi connectivity index (χ3v) is 10.9. The van der Waals surface area contributed by atoms with Gasteiger partial charge in [-0.3, -0.25) is 0 Å². The van der Waals surface area contributed by atoms with Gasteiger partial charge in [0, 0.05) is 43.0 Å². The molecule has 2 aromatic carbocycles. The summed E-state index contributed by atoms with van der Waals surface area (Å²) in [6.07, 6.45) is 7.24. The maximum atomic E-state index is 15.4. The molecule has 2 saturated heterocycles. The minimum atomic E-state index is -3.60. The first kappa shape index (κ1) is 23.6. The van der Waals surface area contributed by atoms with Gasteiger partial charge < -0.3 is 9.47 Å². The Kier molecular flexibility index (Phi) is 6.08. The summed E-state index contributed by atoms with van der Waals surface area (Å²) in [6, 6.07) is 14.9. The first-order chi connectivity index (χ1) is 17.4. The van der Waals surface area contributed by atoms with E-state index >= 15 is 4.39 Å².